The minimum Gasteiger partial charge on any atom is -0.385 e. The fourth-order valence-electron chi connectivity index (χ4n) is 1.84. The number of nitrogens with two attached hydrogens (primary N) is 1. The Hall–Kier alpha value is -0.650. The molecule has 0 radical (unpaired) electrons. The zero-order valence-corrected chi connectivity index (χ0v) is 12.2. The molecule has 5 nitrogen and oxygen atoms in total. The molecular formula is C13H29N3O2. The molecule has 0 aliphatic rings. The van der Waals surface area contributed by atoms with Crippen molar-refractivity contribution in [2.75, 3.05) is 33.4 Å². The van der Waals surface area contributed by atoms with Gasteiger partial charge in [-0.3, -0.25) is 4.79 Å². The minimum atomic E-state index is -0.431. The van der Waals surface area contributed by atoms with Gasteiger partial charge < -0.3 is 20.7 Å². The number of ether oxygens (including phenoxy) is 1. The molecule has 1 amide bonds. The first kappa shape index (κ1) is 17.4. The Morgan fingerprint density at radius 3 is 2.50 bits per heavy atom. The molecule has 5 heteroatoms. The molecule has 2 unspecified atom stereocenters. The van der Waals surface area contributed by atoms with Crippen LogP contribution in [0.25, 0.3) is 0 Å². The largest absolute Gasteiger partial charge is 0.385 e. The standard InChI is InChI=1S/C13H29N3O2/c1-5-16(6-2)10-11(3)15-13(17)12(14)8-7-9-18-4/h11-12H,5-10,14H2,1-4H3,(H,15,17). The summed E-state index contributed by atoms with van der Waals surface area (Å²) in [6.07, 6.45) is 1.48. The van der Waals surface area contributed by atoms with Crippen molar-refractivity contribution in [1.82, 2.24) is 10.2 Å². The van der Waals surface area contributed by atoms with Gasteiger partial charge in [0.25, 0.3) is 0 Å². The SMILES string of the molecule is CCN(CC)CC(C)NC(=O)C(N)CCCOC. The molecule has 3 N–H and O–H groups in total. The molecule has 0 saturated heterocycles. The van der Waals surface area contributed by atoms with E-state index in [2.05, 4.69) is 24.1 Å². The molecule has 0 heterocycles. The average molecular weight is 259 g/mol. The van der Waals surface area contributed by atoms with Crippen LogP contribution in [0.4, 0.5) is 0 Å². The summed E-state index contributed by atoms with van der Waals surface area (Å²) in [7, 11) is 1.65. The Balaban J connectivity index is 3.90. The van der Waals surface area contributed by atoms with Gasteiger partial charge in [0.05, 0.1) is 6.04 Å². The number of methoxy groups -OCH3 is 1. The molecule has 0 saturated carbocycles. The number of likely N-dealkylation sites (N-methyl/N-ethyl adjacent to an activating group) is 1. The quantitative estimate of drug-likeness (QED) is 0.563. The highest BCUT2D eigenvalue weighted by molar-refractivity contribution is 5.81. The van der Waals surface area contributed by atoms with E-state index in [0.29, 0.717) is 13.0 Å². The Morgan fingerprint density at radius 2 is 2.00 bits per heavy atom. The third-order valence-electron chi connectivity index (χ3n) is 3.02. The molecule has 0 aliphatic heterocycles. The zero-order valence-electron chi connectivity index (χ0n) is 12.2. The monoisotopic (exact) mass is 259 g/mol. The van der Waals surface area contributed by atoms with Gasteiger partial charge in [-0.2, -0.15) is 0 Å². The molecule has 0 spiro atoms. The van der Waals surface area contributed by atoms with E-state index in [1.165, 1.54) is 0 Å². The first-order valence-electron chi connectivity index (χ1n) is 6.82. The van der Waals surface area contributed by atoms with Crippen molar-refractivity contribution in [2.24, 2.45) is 5.73 Å². The van der Waals surface area contributed by atoms with E-state index in [1.54, 1.807) is 7.11 Å². The summed E-state index contributed by atoms with van der Waals surface area (Å²) in [6.45, 7) is 9.76. The van der Waals surface area contributed by atoms with E-state index >= 15 is 0 Å². The highest BCUT2D eigenvalue weighted by Crippen LogP contribution is 1.97. The second-order valence-corrected chi connectivity index (χ2v) is 4.64. The lowest BCUT2D eigenvalue weighted by Gasteiger charge is -2.24. The predicted molar refractivity (Wildman–Crippen MR) is 74.5 cm³/mol. The second-order valence-electron chi connectivity index (χ2n) is 4.64. The molecule has 18 heavy (non-hydrogen) atoms. The van der Waals surface area contributed by atoms with Crippen molar-refractivity contribution in [3.8, 4) is 0 Å². The van der Waals surface area contributed by atoms with E-state index in [1.807, 2.05) is 6.92 Å². The van der Waals surface area contributed by atoms with Crippen LogP contribution in [0.5, 0.6) is 0 Å². The molecule has 108 valence electrons. The summed E-state index contributed by atoms with van der Waals surface area (Å²) in [5, 5.41) is 2.96. The predicted octanol–water partition coefficient (Wildman–Crippen LogP) is 0.587. The molecule has 0 aromatic heterocycles. The smallest absolute Gasteiger partial charge is 0.237 e. The highest BCUT2D eigenvalue weighted by atomic mass is 16.5. The van der Waals surface area contributed by atoms with Gasteiger partial charge >= 0.3 is 0 Å². The lowest BCUT2D eigenvalue weighted by molar-refractivity contribution is -0.123. The fraction of sp³-hybridized carbons (Fsp3) is 0.923. The maximum atomic E-state index is 11.8. The van der Waals surface area contributed by atoms with Gasteiger partial charge in [0.1, 0.15) is 0 Å². The maximum Gasteiger partial charge on any atom is 0.237 e. The van der Waals surface area contributed by atoms with Crippen LogP contribution in [0.1, 0.15) is 33.6 Å². The number of nitrogens with zero attached hydrogens (tertiary/aromatic N) is 1. The van der Waals surface area contributed by atoms with Crippen molar-refractivity contribution in [1.29, 1.82) is 0 Å². The van der Waals surface area contributed by atoms with Gasteiger partial charge in [-0.15, -0.1) is 0 Å². The summed E-state index contributed by atoms with van der Waals surface area (Å²) in [6, 6.07) is -0.301. The number of carbonyl (C=O) groups excluding carboxylic acids is 1. The van der Waals surface area contributed by atoms with Crippen LogP contribution in [-0.4, -0.2) is 56.2 Å². The summed E-state index contributed by atoms with van der Waals surface area (Å²) < 4.78 is 4.94. The van der Waals surface area contributed by atoms with Crippen molar-refractivity contribution in [2.45, 2.75) is 45.7 Å². The Kier molecular flexibility index (Phi) is 9.92. The Morgan fingerprint density at radius 1 is 1.39 bits per heavy atom. The Bertz CT molecular complexity index is 220. The van der Waals surface area contributed by atoms with Crippen LogP contribution < -0.4 is 11.1 Å². The molecule has 0 aliphatic carbocycles. The maximum absolute atomic E-state index is 11.8. The zero-order chi connectivity index (χ0) is 14.0. The molecule has 0 aromatic carbocycles. The van der Waals surface area contributed by atoms with Crippen molar-refractivity contribution in [3.63, 3.8) is 0 Å². The van der Waals surface area contributed by atoms with Crippen molar-refractivity contribution in [3.05, 3.63) is 0 Å². The first-order chi connectivity index (χ1) is 8.54. The van der Waals surface area contributed by atoms with Crippen LogP contribution in [0.3, 0.4) is 0 Å². The number of rotatable bonds is 10. The average Bonchev–Trinajstić information content (AvgIpc) is 2.35. The molecular weight excluding hydrogens is 230 g/mol. The van der Waals surface area contributed by atoms with Crippen LogP contribution in [-0.2, 0) is 9.53 Å². The number of carbonyl (C=O) groups is 1. The van der Waals surface area contributed by atoms with Crippen LogP contribution >= 0.6 is 0 Å². The summed E-state index contributed by atoms with van der Waals surface area (Å²) in [5.74, 6) is -0.0641. The van der Waals surface area contributed by atoms with Crippen LogP contribution in [0.15, 0.2) is 0 Å². The van der Waals surface area contributed by atoms with Gasteiger partial charge in [-0.05, 0) is 32.9 Å². The lowest BCUT2D eigenvalue weighted by atomic mass is 10.1. The van der Waals surface area contributed by atoms with Gasteiger partial charge in [-0.1, -0.05) is 13.8 Å². The normalized spacial score (nSPS) is 14.6. The number of hydrogen-bond acceptors (Lipinski definition) is 4. The van der Waals surface area contributed by atoms with E-state index in [0.717, 1.165) is 26.1 Å². The van der Waals surface area contributed by atoms with Gasteiger partial charge in [-0.25, -0.2) is 0 Å². The lowest BCUT2D eigenvalue weighted by Crippen LogP contribution is -2.48. The summed E-state index contributed by atoms with van der Waals surface area (Å²) in [5.41, 5.74) is 5.82. The molecule has 0 bridgehead atoms. The number of amides is 1. The fourth-order valence-corrected chi connectivity index (χ4v) is 1.84. The van der Waals surface area contributed by atoms with E-state index in [4.69, 9.17) is 10.5 Å². The molecule has 0 rings (SSSR count). The number of nitrogens with one attached hydrogen (secondary N) is 1. The van der Waals surface area contributed by atoms with Crippen LogP contribution in [0, 0.1) is 0 Å². The number of hydrogen-bond donors (Lipinski definition) is 2. The van der Waals surface area contributed by atoms with E-state index in [9.17, 15) is 4.79 Å². The highest BCUT2D eigenvalue weighted by Gasteiger charge is 2.16. The van der Waals surface area contributed by atoms with Crippen molar-refractivity contribution < 1.29 is 9.53 Å². The van der Waals surface area contributed by atoms with E-state index in [-0.39, 0.29) is 11.9 Å². The third kappa shape index (κ3) is 7.63. The van der Waals surface area contributed by atoms with E-state index < -0.39 is 6.04 Å². The summed E-state index contributed by atoms with van der Waals surface area (Å²) >= 11 is 0. The van der Waals surface area contributed by atoms with Gasteiger partial charge in [0, 0.05) is 26.3 Å². The van der Waals surface area contributed by atoms with Crippen molar-refractivity contribution >= 4 is 5.91 Å². The first-order valence-corrected chi connectivity index (χ1v) is 6.82. The third-order valence-corrected chi connectivity index (χ3v) is 3.02. The minimum absolute atomic E-state index is 0.0641. The Labute approximate surface area is 111 Å². The summed E-state index contributed by atoms with van der Waals surface area (Å²) in [4.78, 5) is 14.1. The second kappa shape index (κ2) is 10.3. The van der Waals surface area contributed by atoms with Gasteiger partial charge in [0.15, 0.2) is 0 Å². The van der Waals surface area contributed by atoms with Crippen LogP contribution in [0.2, 0.25) is 0 Å². The molecule has 0 fully saturated rings. The topological polar surface area (TPSA) is 67.6 Å². The van der Waals surface area contributed by atoms with Gasteiger partial charge in [0.2, 0.25) is 5.91 Å². The molecule has 2 atom stereocenters. The molecule has 0 aromatic rings.